The van der Waals surface area contributed by atoms with Gasteiger partial charge in [0.05, 0.1) is 6.04 Å². The van der Waals surface area contributed by atoms with E-state index >= 15 is 0 Å². The van der Waals surface area contributed by atoms with Crippen LogP contribution >= 0.6 is 0 Å². The topological polar surface area (TPSA) is 92.6 Å². The fourth-order valence-corrected chi connectivity index (χ4v) is 4.79. The van der Waals surface area contributed by atoms with Gasteiger partial charge in [0, 0.05) is 28.7 Å². The Balaban J connectivity index is 1.55. The van der Waals surface area contributed by atoms with Gasteiger partial charge in [-0.1, -0.05) is 50.2 Å². The van der Waals surface area contributed by atoms with Gasteiger partial charge in [-0.3, -0.25) is 14.8 Å². The van der Waals surface area contributed by atoms with E-state index in [0.29, 0.717) is 23.8 Å². The third kappa shape index (κ3) is 6.15. The Bertz CT molecular complexity index is 1500. The number of hydrogen-bond acceptors (Lipinski definition) is 4. The maximum Gasteiger partial charge on any atom is 0.284 e. The monoisotopic (exact) mass is 527 g/mol. The lowest BCUT2D eigenvalue weighted by Crippen LogP contribution is -2.34. The van der Waals surface area contributed by atoms with E-state index in [-0.39, 0.29) is 11.9 Å². The molecular weight excluding hydrogens is 490 g/mol. The molecule has 7 heteroatoms. The summed E-state index contributed by atoms with van der Waals surface area (Å²) >= 11 is 0. The minimum Gasteiger partial charge on any atom is -0.481 e. The summed E-state index contributed by atoms with van der Waals surface area (Å²) in [6.45, 7) is 12.7. The SMILES string of the molecule is Cc1c(C)n(Cc2cccc(OC(C)C(=O)NO)c2)c2ccc(C(=O)NC(C)c3cccc(C(C)C)c3)cc12. The van der Waals surface area contributed by atoms with Crippen LogP contribution in [0.25, 0.3) is 10.9 Å². The quantitative estimate of drug-likeness (QED) is 0.179. The normalized spacial score (nSPS) is 12.8. The lowest BCUT2D eigenvalue weighted by atomic mass is 9.98. The maximum atomic E-state index is 13.2. The van der Waals surface area contributed by atoms with Crippen molar-refractivity contribution in [2.75, 3.05) is 0 Å². The van der Waals surface area contributed by atoms with E-state index in [0.717, 1.165) is 33.3 Å². The molecule has 4 aromatic rings. The summed E-state index contributed by atoms with van der Waals surface area (Å²) in [5.74, 6) is 0.259. The third-order valence-corrected chi connectivity index (χ3v) is 7.36. The van der Waals surface area contributed by atoms with Crippen LogP contribution in [0, 0.1) is 13.8 Å². The molecule has 2 unspecified atom stereocenters. The first-order valence-corrected chi connectivity index (χ1v) is 13.3. The number of nitrogens with one attached hydrogen (secondary N) is 2. The number of aryl methyl sites for hydroxylation is 1. The van der Waals surface area contributed by atoms with Crippen LogP contribution in [0.4, 0.5) is 0 Å². The van der Waals surface area contributed by atoms with Gasteiger partial charge in [-0.15, -0.1) is 0 Å². The van der Waals surface area contributed by atoms with Gasteiger partial charge in [-0.2, -0.15) is 0 Å². The highest BCUT2D eigenvalue weighted by molar-refractivity contribution is 5.99. The van der Waals surface area contributed by atoms with Crippen molar-refractivity contribution in [3.63, 3.8) is 0 Å². The number of hydrogen-bond donors (Lipinski definition) is 3. The second kappa shape index (κ2) is 11.7. The summed E-state index contributed by atoms with van der Waals surface area (Å²) in [7, 11) is 0. The lowest BCUT2D eigenvalue weighted by Gasteiger charge is -2.17. The number of nitrogens with zero attached hydrogens (tertiary/aromatic N) is 1. The molecule has 0 fully saturated rings. The molecule has 7 nitrogen and oxygen atoms in total. The van der Waals surface area contributed by atoms with E-state index in [9.17, 15) is 9.59 Å². The molecule has 204 valence electrons. The molecule has 2 atom stereocenters. The average molecular weight is 528 g/mol. The number of benzene rings is 3. The van der Waals surface area contributed by atoms with E-state index in [2.05, 4.69) is 55.8 Å². The second-order valence-electron chi connectivity index (χ2n) is 10.4. The van der Waals surface area contributed by atoms with Gasteiger partial charge in [-0.05, 0) is 86.2 Å². The number of rotatable bonds is 9. The van der Waals surface area contributed by atoms with E-state index in [1.54, 1.807) is 18.5 Å². The molecule has 3 N–H and O–H groups in total. The van der Waals surface area contributed by atoms with Crippen molar-refractivity contribution in [1.82, 2.24) is 15.4 Å². The van der Waals surface area contributed by atoms with E-state index in [4.69, 9.17) is 9.94 Å². The zero-order valence-electron chi connectivity index (χ0n) is 23.4. The Labute approximate surface area is 229 Å². The van der Waals surface area contributed by atoms with Crippen LogP contribution in [0.15, 0.2) is 66.7 Å². The molecule has 0 aliphatic carbocycles. The average Bonchev–Trinajstić information content (AvgIpc) is 3.16. The van der Waals surface area contributed by atoms with Crippen molar-refractivity contribution < 1.29 is 19.5 Å². The molecule has 0 radical (unpaired) electrons. The Morgan fingerprint density at radius 2 is 1.64 bits per heavy atom. The fraction of sp³-hybridized carbons (Fsp3) is 0.312. The molecule has 1 heterocycles. The number of fused-ring (bicyclic) bond motifs is 1. The van der Waals surface area contributed by atoms with Gasteiger partial charge in [0.25, 0.3) is 11.8 Å². The summed E-state index contributed by atoms with van der Waals surface area (Å²) in [6, 6.07) is 21.7. The van der Waals surface area contributed by atoms with Gasteiger partial charge >= 0.3 is 0 Å². The van der Waals surface area contributed by atoms with Gasteiger partial charge in [-0.25, -0.2) is 5.48 Å². The molecular formula is C32H37N3O4. The summed E-state index contributed by atoms with van der Waals surface area (Å²) in [5.41, 5.74) is 8.86. The van der Waals surface area contributed by atoms with Crippen molar-refractivity contribution in [3.8, 4) is 5.75 Å². The number of hydroxylamine groups is 1. The summed E-state index contributed by atoms with van der Waals surface area (Å²) in [5, 5.41) is 13.0. The summed E-state index contributed by atoms with van der Waals surface area (Å²) < 4.78 is 7.88. The molecule has 0 aliphatic rings. The largest absolute Gasteiger partial charge is 0.481 e. The van der Waals surface area contributed by atoms with Crippen molar-refractivity contribution in [1.29, 1.82) is 0 Å². The summed E-state index contributed by atoms with van der Waals surface area (Å²) in [4.78, 5) is 24.8. The lowest BCUT2D eigenvalue weighted by molar-refractivity contribution is -0.135. The smallest absolute Gasteiger partial charge is 0.284 e. The Hall–Kier alpha value is -4.10. The minimum atomic E-state index is -0.826. The Kier molecular flexibility index (Phi) is 8.41. The first kappa shape index (κ1) is 27.9. The highest BCUT2D eigenvalue weighted by Gasteiger charge is 2.18. The highest BCUT2D eigenvalue weighted by atomic mass is 16.5. The number of carbonyl (C=O) groups excluding carboxylic acids is 2. The van der Waals surface area contributed by atoms with Crippen LogP contribution in [-0.4, -0.2) is 27.7 Å². The Morgan fingerprint density at radius 3 is 2.36 bits per heavy atom. The minimum absolute atomic E-state index is 0.102. The van der Waals surface area contributed by atoms with Crippen LogP contribution in [0.3, 0.4) is 0 Å². The maximum absolute atomic E-state index is 13.2. The van der Waals surface area contributed by atoms with Gasteiger partial charge in [0.1, 0.15) is 5.75 Å². The van der Waals surface area contributed by atoms with E-state index in [1.165, 1.54) is 5.56 Å². The Morgan fingerprint density at radius 1 is 0.923 bits per heavy atom. The first-order valence-electron chi connectivity index (χ1n) is 13.3. The fourth-order valence-electron chi connectivity index (χ4n) is 4.79. The predicted octanol–water partition coefficient (Wildman–Crippen LogP) is 6.19. The number of aromatic nitrogens is 1. The molecule has 0 spiro atoms. The second-order valence-corrected chi connectivity index (χ2v) is 10.4. The van der Waals surface area contributed by atoms with Crippen LogP contribution in [0.1, 0.15) is 78.0 Å². The number of carbonyl (C=O) groups is 2. The van der Waals surface area contributed by atoms with Gasteiger partial charge < -0.3 is 14.6 Å². The molecule has 0 saturated carbocycles. The van der Waals surface area contributed by atoms with E-state index in [1.807, 2.05) is 49.4 Å². The van der Waals surface area contributed by atoms with Crippen LogP contribution in [0.2, 0.25) is 0 Å². The zero-order valence-corrected chi connectivity index (χ0v) is 23.4. The van der Waals surface area contributed by atoms with Crippen molar-refractivity contribution in [2.45, 2.75) is 66.2 Å². The van der Waals surface area contributed by atoms with Crippen molar-refractivity contribution in [2.24, 2.45) is 0 Å². The zero-order chi connectivity index (χ0) is 28.3. The van der Waals surface area contributed by atoms with Crippen LogP contribution < -0.4 is 15.5 Å². The van der Waals surface area contributed by atoms with Crippen LogP contribution in [-0.2, 0) is 11.3 Å². The number of ether oxygens (including phenoxy) is 1. The standard InChI is InChI=1S/C32H37N3O4/c1-19(2)25-10-8-11-26(16-25)21(4)33-32(37)27-13-14-30-29(17-27)20(3)22(5)35(30)18-24-9-7-12-28(15-24)39-23(6)31(36)34-38/h7-17,19,21,23,38H,18H2,1-6H3,(H,33,37)(H,34,36). The summed E-state index contributed by atoms with van der Waals surface area (Å²) in [6.07, 6.45) is -0.826. The van der Waals surface area contributed by atoms with Crippen molar-refractivity contribution >= 4 is 22.7 Å². The van der Waals surface area contributed by atoms with Crippen molar-refractivity contribution in [3.05, 3.63) is 100 Å². The third-order valence-electron chi connectivity index (χ3n) is 7.36. The molecule has 0 saturated heterocycles. The van der Waals surface area contributed by atoms with Gasteiger partial charge in [0.2, 0.25) is 0 Å². The van der Waals surface area contributed by atoms with Gasteiger partial charge in [0.15, 0.2) is 6.10 Å². The molecule has 4 rings (SSSR count). The molecule has 1 aromatic heterocycles. The molecule has 2 amide bonds. The predicted molar refractivity (Wildman–Crippen MR) is 153 cm³/mol. The highest BCUT2D eigenvalue weighted by Crippen LogP contribution is 2.28. The molecule has 0 bridgehead atoms. The first-order chi connectivity index (χ1) is 18.6. The molecule has 0 aliphatic heterocycles. The van der Waals surface area contributed by atoms with E-state index < -0.39 is 12.0 Å². The molecule has 39 heavy (non-hydrogen) atoms. The molecule has 3 aromatic carbocycles. The van der Waals surface area contributed by atoms with Crippen LogP contribution in [0.5, 0.6) is 5.75 Å². The number of amides is 2.